The number of thiazole rings is 1. The summed E-state index contributed by atoms with van der Waals surface area (Å²) >= 11 is 3.61. The van der Waals surface area contributed by atoms with E-state index in [0.717, 1.165) is 63.1 Å². The lowest BCUT2D eigenvalue weighted by Crippen LogP contribution is -2.71. The maximum Gasteiger partial charge on any atom is 0.379 e. The number of carbonyl (C=O) groups excluding carboxylic acids is 5. The van der Waals surface area contributed by atoms with Crippen LogP contribution >= 0.6 is 34.9 Å². The van der Waals surface area contributed by atoms with Gasteiger partial charge in [0.15, 0.2) is 34.6 Å². The minimum absolute atomic E-state index is 0.00453. The SMILES string of the molecule is CC(=O)Oc1cc(C(=O)OC(c2ccccc2)c2ccccc2)c(CO/N=C(\C(=O)N[C@@H]2C(=O)N3C(C(=O)O)=C(CSc4cc(C)nc5nc(C(=O)OC(c6ccccc6)c6ccccc6)nn45)CS[C@H]23)c2csc(NC(c3ccccc3)(c3ccccc3)c3ccccc3)n2)cc1O. The molecule has 0 aliphatic carbocycles. The zero-order chi connectivity index (χ0) is 68.6. The van der Waals surface area contributed by atoms with E-state index >= 15 is 4.79 Å². The summed E-state index contributed by atoms with van der Waals surface area (Å²) in [5.74, 6) is -6.31. The molecule has 1 fully saturated rings. The van der Waals surface area contributed by atoms with Crippen LogP contribution in [0.25, 0.3) is 5.78 Å². The molecule has 0 radical (unpaired) electrons. The Balaban J connectivity index is 0.794. The number of amides is 2. The van der Waals surface area contributed by atoms with Gasteiger partial charge in [-0.15, -0.1) is 40.0 Å². The quantitative estimate of drug-likeness (QED) is 0.00639. The number of anilines is 1. The van der Waals surface area contributed by atoms with Gasteiger partial charge in [-0.1, -0.05) is 217 Å². The number of fused-ring (bicyclic) bond motifs is 2. The minimum Gasteiger partial charge on any atom is -0.504 e. The molecule has 2 aliphatic rings. The number of rotatable bonds is 24. The molecule has 0 saturated carbocycles. The molecule has 8 aromatic carbocycles. The van der Waals surface area contributed by atoms with Crippen molar-refractivity contribution in [2.45, 2.75) is 54.6 Å². The molecular formula is C75H59N9O12S3. The summed E-state index contributed by atoms with van der Waals surface area (Å²) in [7, 11) is 0. The van der Waals surface area contributed by atoms with Crippen LogP contribution < -0.4 is 15.4 Å². The molecule has 0 bridgehead atoms. The fourth-order valence-electron chi connectivity index (χ4n) is 11.7. The predicted molar refractivity (Wildman–Crippen MR) is 372 cm³/mol. The van der Waals surface area contributed by atoms with Crippen LogP contribution in [0.2, 0.25) is 0 Å². The first-order valence-corrected chi connectivity index (χ1v) is 34.0. The van der Waals surface area contributed by atoms with E-state index in [9.17, 15) is 34.2 Å². The molecule has 4 N–H and O–H groups in total. The average molecular weight is 1370 g/mol. The van der Waals surface area contributed by atoms with Crippen LogP contribution in [0.5, 0.6) is 11.5 Å². The molecule has 1 saturated heterocycles. The summed E-state index contributed by atoms with van der Waals surface area (Å²) in [6.45, 7) is 2.29. The molecule has 2 amide bonds. The highest BCUT2D eigenvalue weighted by Gasteiger charge is 2.54. The standard InChI is InChI=1S/C75H59N9O12S3/c1-45-38-60(84-73(76-45)79-66(81-84)72(92)96-65(49-28-14-5-15-29-49)50-30-16-6-17-31-50)97-42-52-43-98-69-62(68(88)83(69)63(52)70(89)90)78-67(87)61(57-44-99-74(77-57)80-75(53-32-18-7-19-33-53,54-34-20-8-21-35-54)55-36-22-9-23-37-55)82-93-41-51-39-58(86)59(94-46(2)85)40-56(51)71(91)95-64(47-24-10-3-11-25-47)48-26-12-4-13-27-48/h3-40,44,62,64-65,69,86H,41-43H2,1-2H3,(H,77,80)(H,78,87)(H,89,90)/b82-61-/t62-,69-/m1/s1. The molecule has 24 heteroatoms. The molecule has 99 heavy (non-hydrogen) atoms. The van der Waals surface area contributed by atoms with E-state index in [1.54, 1.807) is 66.9 Å². The Hall–Kier alpha value is -11.7. The lowest BCUT2D eigenvalue weighted by Gasteiger charge is -2.49. The number of hydrogen-bond donors (Lipinski definition) is 4. The van der Waals surface area contributed by atoms with Crippen LogP contribution in [0, 0.1) is 6.92 Å². The van der Waals surface area contributed by atoms with E-state index < -0.39 is 82.9 Å². The van der Waals surface area contributed by atoms with Gasteiger partial charge >= 0.3 is 23.9 Å². The molecule has 5 heterocycles. The first-order valence-electron chi connectivity index (χ1n) is 31.1. The molecule has 2 atom stereocenters. The second kappa shape index (κ2) is 29.3. The number of esters is 3. The number of aryl methyl sites for hydroxylation is 1. The first-order chi connectivity index (χ1) is 48.2. The molecule has 3 aromatic heterocycles. The second-order valence-corrected chi connectivity index (χ2v) is 25.8. The number of carbonyl (C=O) groups is 6. The first kappa shape index (κ1) is 65.9. The van der Waals surface area contributed by atoms with Gasteiger partial charge in [-0.05, 0) is 69.6 Å². The van der Waals surface area contributed by atoms with E-state index in [4.69, 9.17) is 24.0 Å². The highest BCUT2D eigenvalue weighted by molar-refractivity contribution is 8.01. The third-order valence-electron chi connectivity index (χ3n) is 16.3. The third kappa shape index (κ3) is 14.1. The zero-order valence-corrected chi connectivity index (χ0v) is 55.2. The number of phenolic OH excluding ortho intramolecular Hbond substituents is 1. The maximum atomic E-state index is 15.1. The number of aromatic hydroxyl groups is 1. The van der Waals surface area contributed by atoms with E-state index in [1.165, 1.54) is 28.0 Å². The van der Waals surface area contributed by atoms with Crippen LogP contribution in [0.4, 0.5) is 5.13 Å². The van der Waals surface area contributed by atoms with Crippen LogP contribution in [-0.4, -0.2) is 104 Å². The number of nitrogens with one attached hydrogen (secondary N) is 2. The largest absolute Gasteiger partial charge is 0.504 e. The number of aliphatic carboxylic acids is 1. The molecule has 0 spiro atoms. The monoisotopic (exact) mass is 1370 g/mol. The summed E-state index contributed by atoms with van der Waals surface area (Å²) in [6, 6.07) is 68.8. The number of thioether (sulfide) groups is 2. The number of carboxylic acid groups (broad SMARTS) is 1. The fraction of sp³-hybridized carbons (Fsp3) is 0.133. The number of phenols is 1. The lowest BCUT2D eigenvalue weighted by atomic mass is 9.77. The molecule has 11 aromatic rings. The summed E-state index contributed by atoms with van der Waals surface area (Å²) in [5.41, 5.74) is 4.39. The summed E-state index contributed by atoms with van der Waals surface area (Å²) in [5, 5.41) is 39.0. The number of carboxylic acids is 1. The number of nitrogens with zero attached hydrogens (tertiary/aromatic N) is 7. The maximum absolute atomic E-state index is 15.1. The number of benzene rings is 8. The van der Waals surface area contributed by atoms with E-state index in [-0.39, 0.29) is 51.4 Å². The van der Waals surface area contributed by atoms with E-state index in [1.807, 2.05) is 164 Å². The summed E-state index contributed by atoms with van der Waals surface area (Å²) < 4.78 is 19.0. The zero-order valence-electron chi connectivity index (χ0n) is 52.8. The Morgan fingerprint density at radius 2 is 1.20 bits per heavy atom. The van der Waals surface area contributed by atoms with Crippen molar-refractivity contribution in [3.63, 3.8) is 0 Å². The van der Waals surface area contributed by atoms with Crippen molar-refractivity contribution in [1.29, 1.82) is 0 Å². The van der Waals surface area contributed by atoms with Crippen molar-refractivity contribution < 1.29 is 58.0 Å². The fourth-order valence-corrected chi connectivity index (χ4v) is 15.0. The molecule has 0 unspecified atom stereocenters. The molecule has 13 rings (SSSR count). The molecular weight excluding hydrogens is 1320 g/mol. The highest BCUT2D eigenvalue weighted by Crippen LogP contribution is 2.44. The average Bonchev–Trinajstić information content (AvgIpc) is 1.03. The Labute approximate surface area is 579 Å². The Morgan fingerprint density at radius 3 is 1.72 bits per heavy atom. The van der Waals surface area contributed by atoms with Crippen molar-refractivity contribution in [1.82, 2.24) is 34.8 Å². The number of β-lactam (4-membered cyclic amide) rings is 1. The van der Waals surface area contributed by atoms with Crippen molar-refractivity contribution in [3.8, 4) is 11.5 Å². The second-order valence-electron chi connectivity index (χ2n) is 22.8. The van der Waals surface area contributed by atoms with Crippen LogP contribution in [0.3, 0.4) is 0 Å². The van der Waals surface area contributed by atoms with Gasteiger partial charge in [0, 0.05) is 35.1 Å². The smallest absolute Gasteiger partial charge is 0.379 e. The van der Waals surface area contributed by atoms with Crippen molar-refractivity contribution >= 4 is 87.2 Å². The van der Waals surface area contributed by atoms with Gasteiger partial charge in [-0.2, -0.15) is 9.50 Å². The number of hydrogen-bond acceptors (Lipinski definition) is 20. The van der Waals surface area contributed by atoms with Crippen LogP contribution in [0.15, 0.2) is 257 Å². The molecule has 21 nitrogen and oxygen atoms in total. The van der Waals surface area contributed by atoms with Gasteiger partial charge < -0.3 is 39.9 Å². The van der Waals surface area contributed by atoms with Crippen molar-refractivity contribution in [2.75, 3.05) is 16.8 Å². The van der Waals surface area contributed by atoms with Gasteiger partial charge in [-0.3, -0.25) is 19.3 Å². The Bertz CT molecular complexity index is 4700. The minimum atomic E-state index is -1.37. The third-order valence-corrected chi connectivity index (χ3v) is 19.5. The van der Waals surface area contributed by atoms with Crippen LogP contribution in [0.1, 0.15) is 96.0 Å². The Morgan fingerprint density at radius 1 is 0.687 bits per heavy atom. The van der Waals surface area contributed by atoms with Crippen LogP contribution in [-0.2, 0) is 45.6 Å². The summed E-state index contributed by atoms with van der Waals surface area (Å²) in [6.07, 6.45) is -1.68. The molecule has 2 aliphatic heterocycles. The number of oxime groups is 1. The Kier molecular flexibility index (Phi) is 19.5. The highest BCUT2D eigenvalue weighted by atomic mass is 32.2. The van der Waals surface area contributed by atoms with Gasteiger partial charge in [0.05, 0.1) is 5.56 Å². The topological polar surface area (TPSA) is 275 Å². The molecule has 494 valence electrons. The van der Waals surface area contributed by atoms with Gasteiger partial charge in [0.25, 0.3) is 23.4 Å². The van der Waals surface area contributed by atoms with Gasteiger partial charge in [0.1, 0.15) is 40.0 Å². The van der Waals surface area contributed by atoms with Crippen molar-refractivity contribution in [2.24, 2.45) is 5.16 Å². The van der Waals surface area contributed by atoms with E-state index in [2.05, 4.69) is 30.9 Å². The van der Waals surface area contributed by atoms with Crippen molar-refractivity contribution in [3.05, 3.63) is 314 Å². The number of ether oxygens (including phenoxy) is 3. The van der Waals surface area contributed by atoms with E-state index in [0.29, 0.717) is 32.6 Å². The lowest BCUT2D eigenvalue weighted by molar-refractivity contribution is -0.150. The normalized spacial score (nSPS) is 14.5. The number of aromatic nitrogens is 5. The summed E-state index contributed by atoms with van der Waals surface area (Å²) in [4.78, 5) is 105. The predicted octanol–water partition coefficient (Wildman–Crippen LogP) is 12.3. The van der Waals surface area contributed by atoms with Gasteiger partial charge in [-0.25, -0.2) is 24.4 Å². The van der Waals surface area contributed by atoms with Gasteiger partial charge in [0.2, 0.25) is 0 Å².